The van der Waals surface area contributed by atoms with Gasteiger partial charge in [-0.25, -0.2) is 0 Å². The number of carbonyl (C=O) groups excluding carboxylic acids is 1. The molecule has 122 valence electrons. The molecule has 0 aromatic carbocycles. The number of hydrogen-bond donors (Lipinski definition) is 1. The first-order chi connectivity index (χ1) is 10.5. The average Bonchev–Trinajstić information content (AvgIpc) is 3.06. The number of Topliss-reactive ketones (excluding diaryl/α,β-unsaturated/α-hetero) is 1. The highest BCUT2D eigenvalue weighted by Gasteiger charge is 2.86. The summed E-state index contributed by atoms with van der Waals surface area (Å²) in [7, 11) is 1.73. The number of aliphatic hydroxyl groups excluding tert-OH is 1. The van der Waals surface area contributed by atoms with Gasteiger partial charge in [-0.05, 0) is 38.0 Å². The maximum absolute atomic E-state index is 12.6. The molecule has 5 aliphatic rings. The molecule has 2 spiro atoms. The molecular weight excluding hydrogens is 280 g/mol. The fraction of sp³-hybridized carbons (Fsp3) is 0.944. The predicted molar refractivity (Wildman–Crippen MR) is 79.0 cm³/mol. The molecule has 22 heavy (non-hydrogen) atoms. The Labute approximate surface area is 131 Å². The molecule has 4 aliphatic carbocycles. The van der Waals surface area contributed by atoms with E-state index in [1.807, 2.05) is 0 Å². The topological polar surface area (TPSA) is 55.8 Å². The monoisotopic (exact) mass is 306 g/mol. The maximum atomic E-state index is 12.6. The Morgan fingerprint density at radius 2 is 2.09 bits per heavy atom. The quantitative estimate of drug-likeness (QED) is 0.807. The van der Waals surface area contributed by atoms with Crippen molar-refractivity contribution in [2.45, 2.75) is 63.8 Å². The summed E-state index contributed by atoms with van der Waals surface area (Å²) in [6, 6.07) is 0. The Balaban J connectivity index is 1.79. The zero-order valence-electron chi connectivity index (χ0n) is 13.6. The van der Waals surface area contributed by atoms with E-state index in [0.29, 0.717) is 24.7 Å². The Bertz CT molecular complexity index is 561. The molecule has 1 N–H and O–H groups in total. The first-order valence-corrected chi connectivity index (χ1v) is 8.87. The van der Waals surface area contributed by atoms with E-state index in [2.05, 4.69) is 6.92 Å². The van der Waals surface area contributed by atoms with E-state index in [9.17, 15) is 9.90 Å². The van der Waals surface area contributed by atoms with Crippen LogP contribution < -0.4 is 0 Å². The van der Waals surface area contributed by atoms with E-state index in [-0.39, 0.29) is 28.3 Å². The Morgan fingerprint density at radius 3 is 2.86 bits per heavy atom. The number of rotatable bonds is 1. The van der Waals surface area contributed by atoms with Gasteiger partial charge in [0.05, 0.1) is 18.6 Å². The van der Waals surface area contributed by atoms with Crippen LogP contribution in [0.3, 0.4) is 0 Å². The first kappa shape index (κ1) is 13.9. The van der Waals surface area contributed by atoms with Crippen LogP contribution in [0.25, 0.3) is 0 Å². The molecule has 0 aromatic rings. The second kappa shape index (κ2) is 3.79. The molecule has 0 amide bonds. The van der Waals surface area contributed by atoms with Gasteiger partial charge in [-0.3, -0.25) is 4.79 Å². The fourth-order valence-corrected chi connectivity index (χ4v) is 7.95. The predicted octanol–water partition coefficient (Wildman–Crippen LogP) is 2.29. The summed E-state index contributed by atoms with van der Waals surface area (Å²) in [4.78, 5) is 12.6. The van der Waals surface area contributed by atoms with Gasteiger partial charge >= 0.3 is 0 Å². The number of ether oxygens (including phenoxy) is 2. The number of ketones is 1. The van der Waals surface area contributed by atoms with Gasteiger partial charge in [-0.2, -0.15) is 0 Å². The lowest BCUT2D eigenvalue weighted by Gasteiger charge is -2.62. The van der Waals surface area contributed by atoms with Crippen LogP contribution in [0.15, 0.2) is 0 Å². The molecule has 4 saturated carbocycles. The van der Waals surface area contributed by atoms with Crippen molar-refractivity contribution in [2.24, 2.45) is 28.1 Å². The average molecular weight is 306 g/mol. The molecule has 4 nitrogen and oxygen atoms in total. The van der Waals surface area contributed by atoms with Crippen molar-refractivity contribution in [3.05, 3.63) is 0 Å². The molecule has 0 aromatic heterocycles. The van der Waals surface area contributed by atoms with Gasteiger partial charge in [0.1, 0.15) is 5.78 Å². The lowest BCUT2D eigenvalue weighted by atomic mass is 9.42. The minimum atomic E-state index is -0.710. The van der Waals surface area contributed by atoms with E-state index >= 15 is 0 Å². The summed E-state index contributed by atoms with van der Waals surface area (Å²) < 4.78 is 12.5. The van der Waals surface area contributed by atoms with Crippen molar-refractivity contribution in [2.75, 3.05) is 13.7 Å². The highest BCUT2D eigenvalue weighted by Crippen LogP contribution is 2.82. The molecule has 1 aliphatic heterocycles. The van der Waals surface area contributed by atoms with E-state index in [4.69, 9.17) is 9.47 Å². The second-order valence-corrected chi connectivity index (χ2v) is 8.69. The van der Waals surface area contributed by atoms with Crippen LogP contribution in [0.4, 0.5) is 0 Å². The zero-order valence-corrected chi connectivity index (χ0v) is 13.6. The molecule has 0 radical (unpaired) electrons. The van der Waals surface area contributed by atoms with Crippen LogP contribution in [-0.2, 0) is 14.3 Å². The van der Waals surface area contributed by atoms with Crippen molar-refractivity contribution in [1.29, 1.82) is 0 Å². The Hall–Kier alpha value is -0.450. The minimum Gasteiger partial charge on any atom is -0.393 e. The fourth-order valence-electron chi connectivity index (χ4n) is 7.95. The summed E-state index contributed by atoms with van der Waals surface area (Å²) in [5, 5.41) is 11.0. The highest BCUT2D eigenvalue weighted by atomic mass is 16.7. The molecule has 1 saturated heterocycles. The molecular formula is C18H26O4. The number of carbonyl (C=O) groups is 1. The summed E-state index contributed by atoms with van der Waals surface area (Å²) in [5.41, 5.74) is -0.148. The molecule has 5 rings (SSSR count). The number of aliphatic hydroxyl groups is 1. The van der Waals surface area contributed by atoms with Crippen LogP contribution in [0.1, 0.15) is 51.9 Å². The van der Waals surface area contributed by atoms with Gasteiger partial charge in [0.2, 0.25) is 0 Å². The van der Waals surface area contributed by atoms with E-state index in [0.717, 1.165) is 38.5 Å². The van der Waals surface area contributed by atoms with Crippen LogP contribution in [0.2, 0.25) is 0 Å². The lowest BCUT2D eigenvalue weighted by molar-refractivity contribution is -0.284. The Kier molecular flexibility index (Phi) is 2.40. The van der Waals surface area contributed by atoms with Crippen molar-refractivity contribution < 1.29 is 19.4 Å². The highest BCUT2D eigenvalue weighted by molar-refractivity contribution is 5.84. The van der Waals surface area contributed by atoms with Crippen LogP contribution in [0, 0.1) is 28.1 Å². The van der Waals surface area contributed by atoms with Gasteiger partial charge in [0.15, 0.2) is 5.79 Å². The zero-order chi connectivity index (χ0) is 15.4. The van der Waals surface area contributed by atoms with Gasteiger partial charge in [0.25, 0.3) is 0 Å². The molecule has 0 unspecified atom stereocenters. The maximum Gasteiger partial charge on any atom is 0.184 e. The van der Waals surface area contributed by atoms with Crippen molar-refractivity contribution in [3.63, 3.8) is 0 Å². The van der Waals surface area contributed by atoms with Gasteiger partial charge < -0.3 is 14.6 Å². The third-order valence-electron chi connectivity index (χ3n) is 8.78. The third-order valence-corrected chi connectivity index (χ3v) is 8.78. The Morgan fingerprint density at radius 1 is 1.27 bits per heavy atom. The van der Waals surface area contributed by atoms with Crippen molar-refractivity contribution >= 4 is 5.78 Å². The molecule has 4 heteroatoms. The lowest BCUT2D eigenvalue weighted by Crippen LogP contribution is -2.66. The van der Waals surface area contributed by atoms with Crippen molar-refractivity contribution in [1.82, 2.24) is 0 Å². The standard InChI is InChI=1S/C18H26O4/c1-15-5-3-6-16(15)10-22-18(21-2)12-8-11(9-14(15)20)17(16,18)7-4-13(12)19/h11-12,14,20H,3-10H2,1-2H3/t11-,12-,14+,15+,16+,17-,18-/m1/s1. The SMILES string of the molecule is CO[C@@]12OC[C@@]34CCC[C@@]3(C)[C@@H](O)C[C@H]3C[C@@H]1C(=O)CC[C@]324. The molecule has 1 heterocycles. The first-order valence-electron chi connectivity index (χ1n) is 8.87. The van der Waals surface area contributed by atoms with Gasteiger partial charge in [-0.15, -0.1) is 0 Å². The molecule has 7 atom stereocenters. The van der Waals surface area contributed by atoms with Crippen molar-refractivity contribution in [3.8, 4) is 0 Å². The largest absolute Gasteiger partial charge is 0.393 e. The third kappa shape index (κ3) is 1.04. The van der Waals surface area contributed by atoms with E-state index < -0.39 is 5.79 Å². The van der Waals surface area contributed by atoms with E-state index in [1.54, 1.807) is 7.11 Å². The normalized spacial score (nSPS) is 62.1. The smallest absolute Gasteiger partial charge is 0.184 e. The summed E-state index contributed by atoms with van der Waals surface area (Å²) in [6.07, 6.45) is 6.30. The summed E-state index contributed by atoms with van der Waals surface area (Å²) in [5.74, 6) is -0.148. The van der Waals surface area contributed by atoms with Crippen LogP contribution in [-0.4, -0.2) is 36.5 Å². The summed E-state index contributed by atoms with van der Waals surface area (Å²) >= 11 is 0. The summed E-state index contributed by atoms with van der Waals surface area (Å²) in [6.45, 7) is 2.93. The van der Waals surface area contributed by atoms with Gasteiger partial charge in [0, 0.05) is 29.8 Å². The minimum absolute atomic E-state index is 0.00616. The number of hydrogen-bond acceptors (Lipinski definition) is 4. The molecule has 5 fully saturated rings. The van der Waals surface area contributed by atoms with Crippen LogP contribution in [0.5, 0.6) is 0 Å². The van der Waals surface area contributed by atoms with E-state index in [1.165, 1.54) is 0 Å². The second-order valence-electron chi connectivity index (χ2n) is 8.69. The van der Waals surface area contributed by atoms with Gasteiger partial charge in [-0.1, -0.05) is 13.3 Å². The number of methoxy groups -OCH3 is 1. The molecule has 2 bridgehead atoms. The van der Waals surface area contributed by atoms with Crippen LogP contribution >= 0.6 is 0 Å².